The third kappa shape index (κ3) is 4.02. The topological polar surface area (TPSA) is 74.6 Å². The first-order chi connectivity index (χ1) is 14.6. The maximum atomic E-state index is 11.0. The van der Waals surface area contributed by atoms with Gasteiger partial charge in [0, 0.05) is 43.8 Å². The molecule has 0 aromatic carbocycles. The molecule has 0 radical (unpaired) electrons. The Morgan fingerprint density at radius 3 is 2.67 bits per heavy atom. The van der Waals surface area contributed by atoms with Gasteiger partial charge in [-0.1, -0.05) is 6.07 Å². The maximum Gasteiger partial charge on any atom is 0.224 e. The van der Waals surface area contributed by atoms with Crippen molar-refractivity contribution in [1.29, 1.82) is 0 Å². The highest BCUT2D eigenvalue weighted by Crippen LogP contribution is 2.36. The van der Waals surface area contributed by atoms with E-state index in [9.17, 15) is 5.11 Å². The number of fused-ring (bicyclic) bond motifs is 1. The van der Waals surface area contributed by atoms with Gasteiger partial charge in [-0.3, -0.25) is 9.88 Å². The first-order valence-corrected chi connectivity index (χ1v) is 11.5. The number of likely N-dealkylation sites (tertiary alicyclic amines) is 1. The van der Waals surface area contributed by atoms with Crippen LogP contribution in [-0.4, -0.2) is 64.4 Å². The molecule has 3 aromatic heterocycles. The van der Waals surface area contributed by atoms with E-state index in [2.05, 4.69) is 30.8 Å². The Kier molecular flexibility index (Phi) is 5.59. The molecular formula is C21H24ClN5O2S. The largest absolute Gasteiger partial charge is 0.383 e. The summed E-state index contributed by atoms with van der Waals surface area (Å²) >= 11 is 7.95. The third-order valence-electron chi connectivity index (χ3n) is 5.89. The van der Waals surface area contributed by atoms with Gasteiger partial charge in [0.25, 0.3) is 0 Å². The van der Waals surface area contributed by atoms with Crippen LogP contribution >= 0.6 is 22.9 Å². The Morgan fingerprint density at radius 2 is 1.93 bits per heavy atom. The lowest BCUT2D eigenvalue weighted by atomic mass is 9.88. The molecule has 0 unspecified atom stereocenters. The number of aromatic nitrogens is 3. The molecular weight excluding hydrogens is 422 g/mol. The van der Waals surface area contributed by atoms with Gasteiger partial charge in [-0.2, -0.15) is 4.98 Å². The molecule has 2 aliphatic heterocycles. The Bertz CT molecular complexity index is 1020. The second-order valence-corrected chi connectivity index (χ2v) is 9.34. The number of morpholine rings is 1. The Hall–Kier alpha value is -1.84. The number of hydrogen-bond acceptors (Lipinski definition) is 8. The molecule has 0 spiro atoms. The fraction of sp³-hybridized carbons (Fsp3) is 0.476. The number of thiophene rings is 1. The van der Waals surface area contributed by atoms with E-state index in [4.69, 9.17) is 16.3 Å². The van der Waals surface area contributed by atoms with Crippen LogP contribution in [-0.2, 0) is 16.9 Å². The summed E-state index contributed by atoms with van der Waals surface area (Å²) in [6.45, 7) is 5.51. The minimum absolute atomic E-state index is 0.284. The highest BCUT2D eigenvalue weighted by molar-refractivity contribution is 7.19. The van der Waals surface area contributed by atoms with Crippen LogP contribution in [0.5, 0.6) is 0 Å². The van der Waals surface area contributed by atoms with Crippen molar-refractivity contribution in [2.45, 2.75) is 25.0 Å². The van der Waals surface area contributed by atoms with Crippen molar-refractivity contribution < 1.29 is 9.84 Å². The van der Waals surface area contributed by atoms with Crippen molar-refractivity contribution in [3.63, 3.8) is 0 Å². The molecule has 30 heavy (non-hydrogen) atoms. The fourth-order valence-electron chi connectivity index (χ4n) is 4.20. The zero-order valence-electron chi connectivity index (χ0n) is 16.6. The number of hydrogen-bond donors (Lipinski definition) is 1. The van der Waals surface area contributed by atoms with Crippen LogP contribution in [0.3, 0.4) is 0 Å². The summed E-state index contributed by atoms with van der Waals surface area (Å²) in [5, 5.41) is 11.3. The van der Waals surface area contributed by atoms with E-state index < -0.39 is 5.60 Å². The number of ether oxygens (including phenoxy) is 1. The summed E-state index contributed by atoms with van der Waals surface area (Å²) in [5.74, 6) is 0.910. The highest BCUT2D eigenvalue weighted by atomic mass is 35.5. The van der Waals surface area contributed by atoms with E-state index in [0.29, 0.717) is 26.1 Å². The molecule has 1 N–H and O–H groups in total. The number of rotatable bonds is 4. The van der Waals surface area contributed by atoms with Gasteiger partial charge in [-0.15, -0.1) is 11.3 Å². The van der Waals surface area contributed by atoms with Gasteiger partial charge in [0.15, 0.2) is 5.82 Å². The van der Waals surface area contributed by atoms with Crippen LogP contribution in [0.25, 0.3) is 10.2 Å². The summed E-state index contributed by atoms with van der Waals surface area (Å²) in [6.07, 6.45) is 3.11. The monoisotopic (exact) mass is 445 g/mol. The van der Waals surface area contributed by atoms with Crippen LogP contribution in [0, 0.1) is 0 Å². The van der Waals surface area contributed by atoms with Crippen LogP contribution in [0.2, 0.25) is 5.28 Å². The number of aliphatic hydroxyl groups is 1. The smallest absolute Gasteiger partial charge is 0.224 e. The predicted octanol–water partition coefficient (Wildman–Crippen LogP) is 3.06. The molecule has 0 amide bonds. The molecule has 3 aromatic rings. The van der Waals surface area contributed by atoms with Crippen molar-refractivity contribution >= 4 is 39.0 Å². The van der Waals surface area contributed by atoms with Crippen molar-refractivity contribution in [2.24, 2.45) is 0 Å². The Balaban J connectivity index is 1.32. The van der Waals surface area contributed by atoms with E-state index in [1.54, 1.807) is 17.5 Å². The number of halogens is 1. The van der Waals surface area contributed by atoms with Crippen molar-refractivity contribution in [1.82, 2.24) is 19.9 Å². The van der Waals surface area contributed by atoms with Crippen LogP contribution in [0.15, 0.2) is 30.5 Å². The van der Waals surface area contributed by atoms with Gasteiger partial charge >= 0.3 is 0 Å². The molecule has 0 aliphatic carbocycles. The third-order valence-corrected chi connectivity index (χ3v) is 7.17. The SMILES string of the molecule is OC1(c2ccccn2)CCN(Cc2cc3nc(Cl)nc(N4CCOCC4)c3s2)CC1. The van der Waals surface area contributed by atoms with Crippen LogP contribution in [0.4, 0.5) is 5.82 Å². The first-order valence-electron chi connectivity index (χ1n) is 10.3. The number of piperidine rings is 1. The Labute approximate surface area is 184 Å². The zero-order chi connectivity index (χ0) is 20.6. The van der Waals surface area contributed by atoms with Gasteiger partial charge in [-0.05, 0) is 42.6 Å². The molecule has 5 rings (SSSR count). The molecule has 0 bridgehead atoms. The average molecular weight is 446 g/mol. The van der Waals surface area contributed by atoms with Gasteiger partial charge < -0.3 is 14.7 Å². The molecule has 158 valence electrons. The van der Waals surface area contributed by atoms with Gasteiger partial charge in [-0.25, -0.2) is 4.98 Å². The fourth-order valence-corrected chi connectivity index (χ4v) is 5.53. The van der Waals surface area contributed by atoms with Gasteiger partial charge in [0.1, 0.15) is 5.60 Å². The second-order valence-electron chi connectivity index (χ2n) is 7.87. The lowest BCUT2D eigenvalue weighted by Crippen LogP contribution is -2.42. The van der Waals surface area contributed by atoms with Crippen molar-refractivity contribution in [3.8, 4) is 0 Å². The van der Waals surface area contributed by atoms with E-state index in [1.807, 2.05) is 18.2 Å². The van der Waals surface area contributed by atoms with E-state index in [0.717, 1.165) is 54.5 Å². The molecule has 2 aliphatic rings. The molecule has 9 heteroatoms. The molecule has 2 fully saturated rings. The minimum Gasteiger partial charge on any atom is -0.383 e. The van der Waals surface area contributed by atoms with Crippen molar-refractivity contribution in [2.75, 3.05) is 44.3 Å². The lowest BCUT2D eigenvalue weighted by Gasteiger charge is -2.37. The number of nitrogens with zero attached hydrogens (tertiary/aromatic N) is 5. The van der Waals surface area contributed by atoms with E-state index >= 15 is 0 Å². The Morgan fingerprint density at radius 1 is 1.13 bits per heavy atom. The normalized spacial score (nSPS) is 20.0. The average Bonchev–Trinajstić information content (AvgIpc) is 3.18. The standard InChI is InChI=1S/C21H24ClN5O2S/c22-20-24-16-13-15(30-18(16)19(25-20)27-9-11-29-12-10-27)14-26-7-4-21(28,5-8-26)17-3-1-2-6-23-17/h1-3,6,13,28H,4-5,7-12,14H2. The van der Waals surface area contributed by atoms with Crippen molar-refractivity contribution in [3.05, 3.63) is 46.3 Å². The van der Waals surface area contributed by atoms with Crippen LogP contribution in [0.1, 0.15) is 23.4 Å². The molecule has 5 heterocycles. The summed E-state index contributed by atoms with van der Waals surface area (Å²) in [5.41, 5.74) is 0.838. The van der Waals surface area contributed by atoms with Gasteiger partial charge in [0.05, 0.1) is 29.1 Å². The molecule has 2 saturated heterocycles. The lowest BCUT2D eigenvalue weighted by molar-refractivity contribution is -0.0309. The zero-order valence-corrected chi connectivity index (χ0v) is 18.2. The molecule has 0 atom stereocenters. The highest BCUT2D eigenvalue weighted by Gasteiger charge is 2.35. The summed E-state index contributed by atoms with van der Waals surface area (Å²) in [4.78, 5) is 19.2. The molecule has 7 nitrogen and oxygen atoms in total. The first kappa shape index (κ1) is 20.1. The number of anilines is 1. The van der Waals surface area contributed by atoms with E-state index in [1.165, 1.54) is 4.88 Å². The summed E-state index contributed by atoms with van der Waals surface area (Å²) in [6, 6.07) is 7.85. The van der Waals surface area contributed by atoms with E-state index in [-0.39, 0.29) is 5.28 Å². The maximum absolute atomic E-state index is 11.0. The second kappa shape index (κ2) is 8.36. The summed E-state index contributed by atoms with van der Waals surface area (Å²) < 4.78 is 6.55. The summed E-state index contributed by atoms with van der Waals surface area (Å²) in [7, 11) is 0. The minimum atomic E-state index is -0.833. The number of pyridine rings is 1. The van der Waals surface area contributed by atoms with Gasteiger partial charge in [0.2, 0.25) is 5.28 Å². The van der Waals surface area contributed by atoms with Crippen LogP contribution < -0.4 is 4.90 Å². The molecule has 0 saturated carbocycles. The predicted molar refractivity (Wildman–Crippen MR) is 118 cm³/mol. The quantitative estimate of drug-likeness (QED) is 0.618.